The van der Waals surface area contributed by atoms with Crippen molar-refractivity contribution in [3.63, 3.8) is 0 Å². The van der Waals surface area contributed by atoms with Gasteiger partial charge in [0.25, 0.3) is 0 Å². The van der Waals surface area contributed by atoms with Gasteiger partial charge in [-0.2, -0.15) is 0 Å². The molecule has 0 saturated carbocycles. The van der Waals surface area contributed by atoms with Crippen LogP contribution < -0.4 is 4.90 Å². The topological polar surface area (TPSA) is 25.4 Å². The van der Waals surface area contributed by atoms with Gasteiger partial charge in [-0.05, 0) is 36.8 Å². The van der Waals surface area contributed by atoms with Crippen LogP contribution in [0.4, 0.5) is 5.69 Å². The predicted octanol–water partition coefficient (Wildman–Crippen LogP) is 3.30. The van der Waals surface area contributed by atoms with Crippen LogP contribution in [0, 0.1) is 5.41 Å². The molecule has 2 aliphatic heterocycles. The number of hydrogen-bond acceptors (Lipinski definition) is 4. The molecule has 2 aromatic heterocycles. The number of hydrogen-bond donors (Lipinski definition) is 0. The summed E-state index contributed by atoms with van der Waals surface area (Å²) in [6.45, 7) is 4.20. The van der Waals surface area contributed by atoms with Crippen LogP contribution in [-0.4, -0.2) is 31.3 Å². The third-order valence-electron chi connectivity index (χ3n) is 4.51. The molecule has 3 nitrogen and oxygen atoms in total. The molecule has 0 radical (unpaired) electrons. The van der Waals surface area contributed by atoms with Crippen molar-refractivity contribution in [3.8, 4) is 0 Å². The Kier molecular flexibility index (Phi) is 2.74. The van der Waals surface area contributed by atoms with E-state index in [0.29, 0.717) is 5.41 Å². The first-order valence-corrected chi connectivity index (χ1v) is 7.89. The van der Waals surface area contributed by atoms with Crippen LogP contribution in [0.3, 0.4) is 0 Å². The van der Waals surface area contributed by atoms with Gasteiger partial charge in [0, 0.05) is 31.3 Å². The molecular formula is C15H18N2OS. The van der Waals surface area contributed by atoms with Gasteiger partial charge < -0.3 is 9.64 Å². The van der Waals surface area contributed by atoms with Crippen LogP contribution in [-0.2, 0) is 4.74 Å². The molecule has 0 aromatic carbocycles. The molecule has 100 valence electrons. The third-order valence-corrected chi connectivity index (χ3v) is 5.44. The second-order valence-corrected chi connectivity index (χ2v) is 6.71. The molecular weight excluding hydrogens is 256 g/mol. The molecule has 0 bridgehead atoms. The van der Waals surface area contributed by atoms with Crippen LogP contribution >= 0.6 is 11.3 Å². The van der Waals surface area contributed by atoms with Crippen LogP contribution in [0.15, 0.2) is 23.7 Å². The summed E-state index contributed by atoms with van der Waals surface area (Å²) >= 11 is 1.80. The maximum atomic E-state index is 5.66. The summed E-state index contributed by atoms with van der Waals surface area (Å²) in [5.74, 6) is 0. The van der Waals surface area contributed by atoms with Gasteiger partial charge in [0.15, 0.2) is 0 Å². The van der Waals surface area contributed by atoms with E-state index in [1.807, 2.05) is 6.20 Å². The van der Waals surface area contributed by atoms with Gasteiger partial charge in [-0.1, -0.05) is 0 Å². The number of nitrogens with zero attached hydrogens (tertiary/aromatic N) is 2. The molecule has 2 aromatic rings. The molecule has 2 saturated heterocycles. The lowest BCUT2D eigenvalue weighted by Crippen LogP contribution is -2.43. The van der Waals surface area contributed by atoms with Gasteiger partial charge in [-0.3, -0.25) is 4.98 Å². The predicted molar refractivity (Wildman–Crippen MR) is 78.9 cm³/mol. The van der Waals surface area contributed by atoms with E-state index in [9.17, 15) is 0 Å². The van der Waals surface area contributed by atoms with E-state index in [2.05, 4.69) is 27.4 Å². The van der Waals surface area contributed by atoms with Crippen molar-refractivity contribution in [3.05, 3.63) is 23.7 Å². The average molecular weight is 274 g/mol. The number of aromatic nitrogens is 1. The maximum Gasteiger partial charge on any atom is 0.0830 e. The minimum absolute atomic E-state index is 0.408. The summed E-state index contributed by atoms with van der Waals surface area (Å²) < 4.78 is 6.99. The van der Waals surface area contributed by atoms with Crippen molar-refractivity contribution in [1.29, 1.82) is 0 Å². The standard InChI is InChI=1S/C15H18N2OS/c1-4-15(5-8-18-11-15)10-17(7-1)13-2-6-16-12-3-9-19-14(12)13/h2-3,6,9H,1,4-5,7-8,10-11H2. The molecule has 4 heterocycles. The molecule has 0 N–H and O–H groups in total. The van der Waals surface area contributed by atoms with Crippen molar-refractivity contribution >= 4 is 27.2 Å². The SMILES string of the molecule is c1cc(N2CCCC3(CCOC3)C2)c2sccc2n1. The molecule has 1 unspecified atom stereocenters. The highest BCUT2D eigenvalue weighted by Gasteiger charge is 2.39. The molecule has 4 rings (SSSR count). The average Bonchev–Trinajstić information content (AvgIpc) is 3.07. The second-order valence-electron chi connectivity index (χ2n) is 5.79. The number of rotatable bonds is 1. The lowest BCUT2D eigenvalue weighted by molar-refractivity contribution is 0.139. The van der Waals surface area contributed by atoms with Gasteiger partial charge in [0.05, 0.1) is 22.5 Å². The normalized spacial score (nSPS) is 27.5. The quantitative estimate of drug-likeness (QED) is 0.798. The first-order valence-electron chi connectivity index (χ1n) is 7.01. The minimum Gasteiger partial charge on any atom is -0.381 e. The summed E-state index contributed by atoms with van der Waals surface area (Å²) in [5.41, 5.74) is 2.90. The van der Waals surface area contributed by atoms with E-state index in [-0.39, 0.29) is 0 Å². The number of ether oxygens (including phenoxy) is 1. The number of thiophene rings is 1. The second kappa shape index (κ2) is 4.46. The van der Waals surface area contributed by atoms with Gasteiger partial charge in [0.1, 0.15) is 0 Å². The first-order chi connectivity index (χ1) is 9.36. The van der Waals surface area contributed by atoms with Crippen molar-refractivity contribution in [2.24, 2.45) is 5.41 Å². The molecule has 0 aliphatic carbocycles. The summed E-state index contributed by atoms with van der Waals surface area (Å²) in [7, 11) is 0. The zero-order valence-corrected chi connectivity index (χ0v) is 11.8. The van der Waals surface area contributed by atoms with E-state index in [4.69, 9.17) is 4.74 Å². The molecule has 0 amide bonds. The van der Waals surface area contributed by atoms with Crippen molar-refractivity contribution in [2.75, 3.05) is 31.2 Å². The molecule has 4 heteroatoms. The Morgan fingerprint density at radius 3 is 3.21 bits per heavy atom. The monoisotopic (exact) mass is 274 g/mol. The summed E-state index contributed by atoms with van der Waals surface area (Å²) in [4.78, 5) is 7.00. The number of anilines is 1. The van der Waals surface area contributed by atoms with Crippen LogP contribution in [0.2, 0.25) is 0 Å². The van der Waals surface area contributed by atoms with Crippen LogP contribution in [0.25, 0.3) is 10.2 Å². The molecule has 1 atom stereocenters. The lowest BCUT2D eigenvalue weighted by Gasteiger charge is -2.40. The van der Waals surface area contributed by atoms with E-state index in [1.165, 1.54) is 36.2 Å². The van der Waals surface area contributed by atoms with Crippen molar-refractivity contribution in [2.45, 2.75) is 19.3 Å². The minimum atomic E-state index is 0.408. The fourth-order valence-corrected chi connectivity index (χ4v) is 4.39. The Morgan fingerprint density at radius 2 is 2.32 bits per heavy atom. The van der Waals surface area contributed by atoms with Gasteiger partial charge >= 0.3 is 0 Å². The summed E-state index contributed by atoms with van der Waals surface area (Å²) in [6.07, 6.45) is 5.76. The van der Waals surface area contributed by atoms with E-state index < -0.39 is 0 Å². The Morgan fingerprint density at radius 1 is 1.32 bits per heavy atom. The lowest BCUT2D eigenvalue weighted by atomic mass is 9.79. The molecule has 19 heavy (non-hydrogen) atoms. The number of fused-ring (bicyclic) bond motifs is 1. The van der Waals surface area contributed by atoms with Gasteiger partial charge in [-0.25, -0.2) is 0 Å². The highest BCUT2D eigenvalue weighted by molar-refractivity contribution is 7.17. The van der Waals surface area contributed by atoms with Gasteiger partial charge in [-0.15, -0.1) is 11.3 Å². The molecule has 2 fully saturated rings. The van der Waals surface area contributed by atoms with E-state index in [0.717, 1.165) is 25.3 Å². The Bertz CT molecular complexity index is 589. The van der Waals surface area contributed by atoms with Gasteiger partial charge in [0.2, 0.25) is 0 Å². The fourth-order valence-electron chi connectivity index (χ4n) is 3.49. The largest absolute Gasteiger partial charge is 0.381 e. The summed E-state index contributed by atoms with van der Waals surface area (Å²) in [5, 5.41) is 2.14. The maximum absolute atomic E-state index is 5.66. The van der Waals surface area contributed by atoms with E-state index >= 15 is 0 Å². The third kappa shape index (κ3) is 1.94. The Labute approximate surface area is 117 Å². The zero-order chi connectivity index (χ0) is 12.7. The van der Waals surface area contributed by atoms with Crippen LogP contribution in [0.1, 0.15) is 19.3 Å². The summed E-state index contributed by atoms with van der Waals surface area (Å²) in [6, 6.07) is 4.29. The molecule has 2 aliphatic rings. The fraction of sp³-hybridized carbons (Fsp3) is 0.533. The number of pyridine rings is 1. The Balaban J connectivity index is 1.70. The smallest absolute Gasteiger partial charge is 0.0830 e. The Hall–Kier alpha value is -1.13. The van der Waals surface area contributed by atoms with Crippen molar-refractivity contribution in [1.82, 2.24) is 4.98 Å². The van der Waals surface area contributed by atoms with Crippen LogP contribution in [0.5, 0.6) is 0 Å². The highest BCUT2D eigenvalue weighted by atomic mass is 32.1. The number of piperidine rings is 1. The van der Waals surface area contributed by atoms with E-state index in [1.54, 1.807) is 11.3 Å². The zero-order valence-electron chi connectivity index (χ0n) is 11.0. The first kappa shape index (κ1) is 11.7. The highest BCUT2D eigenvalue weighted by Crippen LogP contribution is 2.41. The van der Waals surface area contributed by atoms with Crippen molar-refractivity contribution < 1.29 is 4.74 Å². The molecule has 1 spiro atoms.